The molecule has 0 saturated heterocycles. The highest BCUT2D eigenvalue weighted by Gasteiger charge is 2.10. The van der Waals surface area contributed by atoms with E-state index in [1.54, 1.807) is 0 Å². The van der Waals surface area contributed by atoms with E-state index in [-0.39, 0.29) is 12.4 Å². The Morgan fingerprint density at radius 1 is 1.11 bits per heavy atom. The highest BCUT2D eigenvalue weighted by atomic mass is 16.3. The van der Waals surface area contributed by atoms with E-state index in [2.05, 4.69) is 0 Å². The average molecular weight is 260 g/mol. The fourth-order valence-corrected chi connectivity index (χ4v) is 1.95. The van der Waals surface area contributed by atoms with E-state index in [1.807, 2.05) is 37.3 Å². The molecule has 0 radical (unpaired) electrons. The molecule has 1 N–H and O–H groups in total. The lowest BCUT2D eigenvalue weighted by molar-refractivity contribution is 0.397. The Hall–Kier alpha value is -2.30. The Morgan fingerprint density at radius 2 is 1.79 bits per heavy atom. The number of benzene rings is 1. The van der Waals surface area contributed by atoms with Gasteiger partial charge in [-0.1, -0.05) is 37.3 Å². The van der Waals surface area contributed by atoms with Gasteiger partial charge in [0.05, 0.1) is 12.6 Å². The highest BCUT2D eigenvalue weighted by molar-refractivity contribution is 5.17. The lowest BCUT2D eigenvalue weighted by Crippen LogP contribution is -2.39. The molecule has 0 aliphatic carbocycles. The zero-order chi connectivity index (χ0) is 13.8. The van der Waals surface area contributed by atoms with Gasteiger partial charge < -0.3 is 5.11 Å². The van der Waals surface area contributed by atoms with Gasteiger partial charge in [-0.05, 0) is 12.0 Å². The van der Waals surface area contributed by atoms with Gasteiger partial charge >= 0.3 is 5.69 Å². The maximum atomic E-state index is 12.2. The van der Waals surface area contributed by atoms with E-state index < -0.39 is 11.2 Å². The van der Waals surface area contributed by atoms with E-state index in [0.29, 0.717) is 13.0 Å². The van der Waals surface area contributed by atoms with Crippen LogP contribution in [0.5, 0.6) is 5.88 Å². The summed E-state index contributed by atoms with van der Waals surface area (Å²) in [6, 6.07) is 10.4. The summed E-state index contributed by atoms with van der Waals surface area (Å²) >= 11 is 0. The largest absolute Gasteiger partial charge is 0.494 e. The normalized spacial score (nSPS) is 10.6. The molecule has 0 bridgehead atoms. The van der Waals surface area contributed by atoms with Crippen molar-refractivity contribution in [3.8, 4) is 5.88 Å². The molecule has 0 fully saturated rings. The van der Waals surface area contributed by atoms with Gasteiger partial charge in [0.1, 0.15) is 0 Å². The average Bonchev–Trinajstić information content (AvgIpc) is 2.41. The van der Waals surface area contributed by atoms with Gasteiger partial charge in [0.15, 0.2) is 0 Å². The molecule has 2 aromatic rings. The molecule has 0 amide bonds. The first kappa shape index (κ1) is 13.1. The first-order valence-electron chi connectivity index (χ1n) is 6.21. The maximum absolute atomic E-state index is 12.2. The van der Waals surface area contributed by atoms with Crippen LogP contribution >= 0.6 is 0 Å². The molecular weight excluding hydrogens is 244 g/mol. The molecule has 5 nitrogen and oxygen atoms in total. The summed E-state index contributed by atoms with van der Waals surface area (Å²) in [5, 5.41) is 9.78. The first-order valence-corrected chi connectivity index (χ1v) is 6.21. The number of rotatable bonds is 4. The third kappa shape index (κ3) is 2.76. The van der Waals surface area contributed by atoms with Gasteiger partial charge in [0.25, 0.3) is 5.56 Å². The molecule has 1 heterocycles. The van der Waals surface area contributed by atoms with Crippen LogP contribution in [-0.4, -0.2) is 14.2 Å². The molecule has 100 valence electrons. The minimum absolute atomic E-state index is 0.246. The summed E-state index contributed by atoms with van der Waals surface area (Å²) in [5.74, 6) is -0.300. The SMILES string of the molecule is CCCn1c(=O)cc(O)n(Cc2ccccc2)c1=O. The molecule has 0 spiro atoms. The van der Waals surface area contributed by atoms with Gasteiger partial charge in [-0.2, -0.15) is 0 Å². The van der Waals surface area contributed by atoms with Crippen molar-refractivity contribution in [2.24, 2.45) is 0 Å². The highest BCUT2D eigenvalue weighted by Crippen LogP contribution is 2.06. The Bertz CT molecular complexity index is 671. The van der Waals surface area contributed by atoms with Gasteiger partial charge in [-0.15, -0.1) is 0 Å². The quantitative estimate of drug-likeness (QED) is 0.897. The van der Waals surface area contributed by atoms with Crippen molar-refractivity contribution < 1.29 is 5.11 Å². The van der Waals surface area contributed by atoms with Crippen LogP contribution in [0.15, 0.2) is 46.0 Å². The molecule has 0 unspecified atom stereocenters. The van der Waals surface area contributed by atoms with Crippen LogP contribution in [0.3, 0.4) is 0 Å². The predicted molar refractivity (Wildman–Crippen MR) is 72.5 cm³/mol. The van der Waals surface area contributed by atoms with Gasteiger partial charge in [-0.25, -0.2) is 4.79 Å². The van der Waals surface area contributed by atoms with Crippen molar-refractivity contribution in [3.05, 3.63) is 62.8 Å². The topological polar surface area (TPSA) is 64.2 Å². The Balaban J connectivity index is 2.49. The van der Waals surface area contributed by atoms with Crippen LogP contribution < -0.4 is 11.2 Å². The van der Waals surface area contributed by atoms with E-state index in [1.165, 1.54) is 4.57 Å². The van der Waals surface area contributed by atoms with E-state index in [9.17, 15) is 14.7 Å². The first-order chi connectivity index (χ1) is 9.13. The lowest BCUT2D eigenvalue weighted by atomic mass is 10.2. The molecule has 0 atom stereocenters. The maximum Gasteiger partial charge on any atom is 0.334 e. The summed E-state index contributed by atoms with van der Waals surface area (Å²) in [6.45, 7) is 2.49. The monoisotopic (exact) mass is 260 g/mol. The van der Waals surface area contributed by atoms with Crippen LogP contribution in [0.2, 0.25) is 0 Å². The van der Waals surface area contributed by atoms with Crippen LogP contribution in [0, 0.1) is 0 Å². The fourth-order valence-electron chi connectivity index (χ4n) is 1.95. The smallest absolute Gasteiger partial charge is 0.334 e. The minimum atomic E-state index is -0.476. The lowest BCUT2D eigenvalue weighted by Gasteiger charge is -2.11. The van der Waals surface area contributed by atoms with Crippen LogP contribution in [0.25, 0.3) is 0 Å². The van der Waals surface area contributed by atoms with Crippen molar-refractivity contribution in [2.45, 2.75) is 26.4 Å². The van der Waals surface area contributed by atoms with Gasteiger partial charge in [-0.3, -0.25) is 13.9 Å². The van der Waals surface area contributed by atoms with Crippen molar-refractivity contribution in [1.29, 1.82) is 0 Å². The molecule has 1 aromatic heterocycles. The Kier molecular flexibility index (Phi) is 3.85. The van der Waals surface area contributed by atoms with E-state index in [4.69, 9.17) is 0 Å². The molecule has 1 aromatic carbocycles. The number of aromatic nitrogens is 2. The van der Waals surface area contributed by atoms with E-state index >= 15 is 0 Å². The zero-order valence-electron chi connectivity index (χ0n) is 10.7. The number of hydrogen-bond donors (Lipinski definition) is 1. The number of aromatic hydroxyl groups is 1. The second-order valence-corrected chi connectivity index (χ2v) is 4.35. The molecule has 19 heavy (non-hydrogen) atoms. The van der Waals surface area contributed by atoms with Crippen molar-refractivity contribution >= 4 is 0 Å². The Labute approximate surface area is 110 Å². The molecule has 0 aliphatic rings. The van der Waals surface area contributed by atoms with Crippen LogP contribution in [0.1, 0.15) is 18.9 Å². The summed E-state index contributed by atoms with van der Waals surface area (Å²) in [6.07, 6.45) is 0.686. The molecule has 5 heteroatoms. The van der Waals surface area contributed by atoms with Crippen LogP contribution in [0.4, 0.5) is 0 Å². The minimum Gasteiger partial charge on any atom is -0.494 e. The summed E-state index contributed by atoms with van der Waals surface area (Å²) in [5.41, 5.74) is -0.0500. The molecule has 0 aliphatic heterocycles. The molecule has 0 saturated carbocycles. The van der Waals surface area contributed by atoms with Crippen LogP contribution in [-0.2, 0) is 13.1 Å². The summed E-state index contributed by atoms with van der Waals surface area (Å²) < 4.78 is 2.34. The van der Waals surface area contributed by atoms with Gasteiger partial charge in [0, 0.05) is 6.54 Å². The molecule has 2 rings (SSSR count). The van der Waals surface area contributed by atoms with Crippen molar-refractivity contribution in [1.82, 2.24) is 9.13 Å². The number of nitrogens with zero attached hydrogens (tertiary/aromatic N) is 2. The van der Waals surface area contributed by atoms with Crippen molar-refractivity contribution in [2.75, 3.05) is 0 Å². The fraction of sp³-hybridized carbons (Fsp3) is 0.286. The summed E-state index contributed by atoms with van der Waals surface area (Å²) in [4.78, 5) is 23.8. The Morgan fingerprint density at radius 3 is 2.42 bits per heavy atom. The zero-order valence-corrected chi connectivity index (χ0v) is 10.7. The molecular formula is C14H16N2O3. The third-order valence-electron chi connectivity index (χ3n) is 2.89. The predicted octanol–water partition coefficient (Wildman–Crippen LogP) is 1.17. The second-order valence-electron chi connectivity index (χ2n) is 4.35. The third-order valence-corrected chi connectivity index (χ3v) is 2.89. The second kappa shape index (κ2) is 5.56. The number of hydrogen-bond acceptors (Lipinski definition) is 3. The summed E-state index contributed by atoms with van der Waals surface area (Å²) in [7, 11) is 0. The standard InChI is InChI=1S/C14H16N2O3/c1-2-8-15-12(17)9-13(18)16(14(15)19)10-11-6-4-3-5-7-11/h3-7,9,18H,2,8,10H2,1H3. The van der Waals surface area contributed by atoms with Crippen molar-refractivity contribution in [3.63, 3.8) is 0 Å². The van der Waals surface area contributed by atoms with Gasteiger partial charge in [0.2, 0.25) is 5.88 Å². The van der Waals surface area contributed by atoms with E-state index in [0.717, 1.165) is 16.2 Å².